The first kappa shape index (κ1) is 18.9. The van der Waals surface area contributed by atoms with E-state index in [-0.39, 0.29) is 12.3 Å². The lowest BCUT2D eigenvalue weighted by Crippen LogP contribution is -2.40. The van der Waals surface area contributed by atoms with Crippen LogP contribution in [-0.2, 0) is 6.54 Å². The van der Waals surface area contributed by atoms with Crippen molar-refractivity contribution in [3.8, 4) is 5.69 Å². The van der Waals surface area contributed by atoms with Crippen LogP contribution in [-0.4, -0.2) is 14.9 Å². The smallest absolute Gasteiger partial charge is 0.292 e. The molecule has 0 radical (unpaired) electrons. The molecule has 0 N–H and O–H groups in total. The van der Waals surface area contributed by atoms with Crippen LogP contribution in [0.4, 0.5) is 0 Å². The van der Waals surface area contributed by atoms with Crippen LogP contribution in [0.15, 0.2) is 82.4 Å². The van der Waals surface area contributed by atoms with Crippen LogP contribution in [0, 0.1) is 6.92 Å². The Balaban J connectivity index is 1.92. The molecule has 4 rings (SSSR count). The second kappa shape index (κ2) is 7.53. The normalized spacial score (nSPS) is 11.0. The average molecular weight is 405 g/mol. The number of aromatic nitrogens is 2. The molecule has 0 unspecified atom stereocenters. The summed E-state index contributed by atoms with van der Waals surface area (Å²) in [4.78, 5) is 39.1. The number of hydrogen-bond donors (Lipinski definition) is 0. The van der Waals surface area contributed by atoms with Crippen LogP contribution in [0.1, 0.15) is 15.9 Å². The molecular weight excluding hydrogens is 388 g/mol. The number of rotatable bonds is 4. The third-order valence-corrected chi connectivity index (χ3v) is 5.06. The van der Waals surface area contributed by atoms with Crippen molar-refractivity contribution in [3.05, 3.63) is 110 Å². The first-order chi connectivity index (χ1) is 14.0. The maximum Gasteiger partial charge on any atom is 0.336 e. The zero-order valence-corrected chi connectivity index (χ0v) is 16.4. The zero-order chi connectivity index (χ0) is 20.5. The molecule has 1 aromatic heterocycles. The highest BCUT2D eigenvalue weighted by Gasteiger charge is 2.17. The molecule has 6 heteroatoms. The number of carbonyl (C=O) groups excluding carboxylic acids is 1. The second-order valence-electron chi connectivity index (χ2n) is 6.79. The molecule has 0 atom stereocenters. The van der Waals surface area contributed by atoms with Crippen molar-refractivity contribution in [2.24, 2.45) is 0 Å². The van der Waals surface area contributed by atoms with Crippen molar-refractivity contribution in [3.63, 3.8) is 0 Å². The van der Waals surface area contributed by atoms with Gasteiger partial charge in [0.1, 0.15) is 0 Å². The van der Waals surface area contributed by atoms with Crippen LogP contribution in [0.25, 0.3) is 16.6 Å². The largest absolute Gasteiger partial charge is 0.336 e. The summed E-state index contributed by atoms with van der Waals surface area (Å²) in [6.45, 7) is 1.77. The molecule has 0 fully saturated rings. The SMILES string of the molecule is Cc1ccc(C(=O)Cn2c(=O)n(-c3ccc(Cl)cc3)c(=O)c3ccccc32)cc1. The summed E-state index contributed by atoms with van der Waals surface area (Å²) in [5.74, 6) is -0.210. The first-order valence-corrected chi connectivity index (χ1v) is 9.44. The topological polar surface area (TPSA) is 61.1 Å². The lowest BCUT2D eigenvalue weighted by atomic mass is 10.1. The Morgan fingerprint density at radius 2 is 1.55 bits per heavy atom. The predicted molar refractivity (Wildman–Crippen MR) is 114 cm³/mol. The fraction of sp³-hybridized carbons (Fsp3) is 0.0870. The number of benzene rings is 3. The number of fused-ring (bicyclic) bond motifs is 1. The van der Waals surface area contributed by atoms with E-state index in [0.29, 0.717) is 27.2 Å². The molecule has 0 aliphatic rings. The maximum absolute atomic E-state index is 13.3. The number of aryl methyl sites for hydroxylation is 1. The summed E-state index contributed by atoms with van der Waals surface area (Å²) in [6.07, 6.45) is 0. The van der Waals surface area contributed by atoms with E-state index in [1.54, 1.807) is 60.7 Å². The van der Waals surface area contributed by atoms with Crippen molar-refractivity contribution in [2.45, 2.75) is 13.5 Å². The average Bonchev–Trinajstić information content (AvgIpc) is 2.73. The highest BCUT2D eigenvalue weighted by atomic mass is 35.5. The summed E-state index contributed by atoms with van der Waals surface area (Å²) in [5, 5.41) is 0.858. The van der Waals surface area contributed by atoms with Crippen molar-refractivity contribution in [1.29, 1.82) is 0 Å². The van der Waals surface area contributed by atoms with Gasteiger partial charge in [-0.05, 0) is 43.3 Å². The van der Waals surface area contributed by atoms with Gasteiger partial charge in [0.15, 0.2) is 5.78 Å². The van der Waals surface area contributed by atoms with E-state index in [9.17, 15) is 14.4 Å². The molecule has 1 heterocycles. The Morgan fingerprint density at radius 3 is 2.24 bits per heavy atom. The molecule has 0 spiro atoms. The molecule has 4 aromatic rings. The molecular formula is C23H17ClN2O3. The van der Waals surface area contributed by atoms with Gasteiger partial charge in [0.05, 0.1) is 23.1 Å². The van der Waals surface area contributed by atoms with E-state index in [4.69, 9.17) is 11.6 Å². The molecule has 0 aliphatic carbocycles. The Morgan fingerprint density at radius 1 is 0.897 bits per heavy atom. The van der Waals surface area contributed by atoms with E-state index in [2.05, 4.69) is 0 Å². The summed E-state index contributed by atoms with van der Waals surface area (Å²) < 4.78 is 2.41. The predicted octanol–water partition coefficient (Wildman–Crippen LogP) is 4.00. The molecule has 0 saturated carbocycles. The lowest BCUT2D eigenvalue weighted by Gasteiger charge is -2.14. The maximum atomic E-state index is 13.3. The number of Topliss-reactive ketones (excluding diaryl/α,β-unsaturated/α-hetero) is 1. The standard InChI is InChI=1S/C23H17ClN2O3/c1-15-6-8-16(9-7-15)21(27)14-25-20-5-3-2-4-19(20)22(28)26(23(25)29)18-12-10-17(24)11-13-18/h2-13H,14H2,1H3. The number of halogens is 1. The Hall–Kier alpha value is -3.44. The number of hydrogen-bond acceptors (Lipinski definition) is 3. The van der Waals surface area contributed by atoms with Gasteiger partial charge in [0.2, 0.25) is 0 Å². The minimum absolute atomic E-state index is 0.170. The summed E-state index contributed by atoms with van der Waals surface area (Å²) in [6, 6.07) is 20.4. The third-order valence-electron chi connectivity index (χ3n) is 4.81. The molecule has 0 amide bonds. The zero-order valence-electron chi connectivity index (χ0n) is 15.6. The van der Waals surface area contributed by atoms with Gasteiger partial charge < -0.3 is 0 Å². The van der Waals surface area contributed by atoms with Crippen LogP contribution in [0.5, 0.6) is 0 Å². The monoisotopic (exact) mass is 404 g/mol. The quantitative estimate of drug-likeness (QED) is 0.483. The van der Waals surface area contributed by atoms with Crippen molar-refractivity contribution in [1.82, 2.24) is 9.13 Å². The highest BCUT2D eigenvalue weighted by Crippen LogP contribution is 2.14. The van der Waals surface area contributed by atoms with Gasteiger partial charge in [-0.25, -0.2) is 9.36 Å². The van der Waals surface area contributed by atoms with Gasteiger partial charge in [-0.1, -0.05) is 53.6 Å². The molecule has 0 saturated heterocycles. The molecule has 29 heavy (non-hydrogen) atoms. The Bertz CT molecular complexity index is 1330. The fourth-order valence-electron chi connectivity index (χ4n) is 3.27. The fourth-order valence-corrected chi connectivity index (χ4v) is 3.39. The summed E-state index contributed by atoms with van der Waals surface area (Å²) in [5.41, 5.74) is 1.36. The van der Waals surface area contributed by atoms with E-state index < -0.39 is 11.2 Å². The highest BCUT2D eigenvalue weighted by molar-refractivity contribution is 6.30. The van der Waals surface area contributed by atoms with Crippen molar-refractivity contribution in [2.75, 3.05) is 0 Å². The second-order valence-corrected chi connectivity index (χ2v) is 7.23. The van der Waals surface area contributed by atoms with E-state index in [0.717, 1.165) is 10.1 Å². The number of carbonyl (C=O) groups is 1. The Kier molecular flexibility index (Phi) is 4.91. The molecule has 3 aromatic carbocycles. The third kappa shape index (κ3) is 3.52. The van der Waals surface area contributed by atoms with Gasteiger partial charge in [0.25, 0.3) is 5.56 Å². The van der Waals surface area contributed by atoms with Gasteiger partial charge >= 0.3 is 5.69 Å². The van der Waals surface area contributed by atoms with Gasteiger partial charge in [0, 0.05) is 10.6 Å². The minimum Gasteiger partial charge on any atom is -0.292 e. The van der Waals surface area contributed by atoms with Crippen LogP contribution < -0.4 is 11.2 Å². The number of nitrogens with zero attached hydrogens (tertiary/aromatic N) is 2. The Labute approximate surface area is 171 Å². The van der Waals surface area contributed by atoms with Crippen LogP contribution >= 0.6 is 11.6 Å². The summed E-state index contributed by atoms with van der Waals surface area (Å²) in [7, 11) is 0. The molecule has 0 aliphatic heterocycles. The van der Waals surface area contributed by atoms with E-state index >= 15 is 0 Å². The number of para-hydroxylation sites is 1. The molecule has 0 bridgehead atoms. The molecule has 5 nitrogen and oxygen atoms in total. The van der Waals surface area contributed by atoms with Gasteiger partial charge in [-0.15, -0.1) is 0 Å². The van der Waals surface area contributed by atoms with Gasteiger partial charge in [-0.2, -0.15) is 0 Å². The van der Waals surface area contributed by atoms with E-state index in [1.807, 2.05) is 19.1 Å². The van der Waals surface area contributed by atoms with Crippen molar-refractivity contribution >= 4 is 28.3 Å². The first-order valence-electron chi connectivity index (χ1n) is 9.06. The molecule has 144 valence electrons. The lowest BCUT2D eigenvalue weighted by molar-refractivity contribution is 0.0971. The van der Waals surface area contributed by atoms with Crippen LogP contribution in [0.2, 0.25) is 5.02 Å². The minimum atomic E-state index is -0.573. The van der Waals surface area contributed by atoms with Crippen LogP contribution in [0.3, 0.4) is 0 Å². The number of ketones is 1. The van der Waals surface area contributed by atoms with E-state index in [1.165, 1.54) is 4.57 Å². The summed E-state index contributed by atoms with van der Waals surface area (Å²) >= 11 is 5.94. The van der Waals surface area contributed by atoms with Gasteiger partial charge in [-0.3, -0.25) is 14.2 Å². The van der Waals surface area contributed by atoms with Crippen molar-refractivity contribution < 1.29 is 4.79 Å².